The van der Waals surface area contributed by atoms with Crippen molar-refractivity contribution in [3.05, 3.63) is 29.6 Å². The van der Waals surface area contributed by atoms with Crippen LogP contribution < -0.4 is 0 Å². The fraction of sp³-hybridized carbons (Fsp3) is 0.375. The van der Waals surface area contributed by atoms with E-state index in [4.69, 9.17) is 0 Å². The fourth-order valence-electron chi connectivity index (χ4n) is 0.820. The molecule has 1 atom stereocenters. The average Bonchev–Trinajstić information content (AvgIpc) is 2.03. The Labute approximate surface area is 79.4 Å². The zero-order valence-corrected chi connectivity index (χ0v) is 7.73. The lowest BCUT2D eigenvalue weighted by Gasteiger charge is -2.07. The van der Waals surface area contributed by atoms with Crippen LogP contribution in [0.4, 0.5) is 13.2 Å². The van der Waals surface area contributed by atoms with E-state index in [1.165, 1.54) is 12.3 Å². The number of rotatable bonds is 1. The number of nitrogens with zero attached hydrogens (tertiary/aromatic N) is 1. The zero-order chi connectivity index (χ0) is 10.1. The number of hydrogen-bond donors (Lipinski definition) is 1. The molecule has 0 saturated carbocycles. The van der Waals surface area contributed by atoms with Crippen molar-refractivity contribution in [2.24, 2.45) is 0 Å². The van der Waals surface area contributed by atoms with E-state index in [1.54, 1.807) is 6.92 Å². The number of halogens is 3. The molecule has 0 spiro atoms. The van der Waals surface area contributed by atoms with Crippen LogP contribution in [-0.4, -0.2) is 4.98 Å². The number of thiol groups is 1. The van der Waals surface area contributed by atoms with Crippen LogP contribution in [0.5, 0.6) is 0 Å². The summed E-state index contributed by atoms with van der Waals surface area (Å²) in [5, 5.41) is -0.102. The van der Waals surface area contributed by atoms with Crippen LogP contribution in [0.2, 0.25) is 0 Å². The molecular weight excluding hydrogens is 199 g/mol. The third-order valence-corrected chi connectivity index (χ3v) is 1.86. The third kappa shape index (κ3) is 2.62. The first-order chi connectivity index (χ1) is 5.91. The molecule has 5 heteroatoms. The highest BCUT2D eigenvalue weighted by Gasteiger charge is 2.32. The highest BCUT2D eigenvalue weighted by molar-refractivity contribution is 7.80. The molecule has 0 radical (unpaired) electrons. The van der Waals surface area contributed by atoms with Crippen LogP contribution >= 0.6 is 12.6 Å². The van der Waals surface area contributed by atoms with Crippen LogP contribution in [0.25, 0.3) is 0 Å². The zero-order valence-electron chi connectivity index (χ0n) is 6.84. The van der Waals surface area contributed by atoms with Gasteiger partial charge in [-0.05, 0) is 18.6 Å². The standard InChI is InChI=1S/C8H8F3NS/c1-5(13)6-2-3-7(12-4-6)8(9,10)11/h2-5,13H,1H3. The van der Waals surface area contributed by atoms with Crippen molar-refractivity contribution in [3.8, 4) is 0 Å². The van der Waals surface area contributed by atoms with Crippen molar-refractivity contribution in [2.75, 3.05) is 0 Å². The Bertz CT molecular complexity index is 278. The van der Waals surface area contributed by atoms with Crippen LogP contribution in [-0.2, 0) is 6.18 Å². The summed E-state index contributed by atoms with van der Waals surface area (Å²) in [5.74, 6) is 0. The first-order valence-electron chi connectivity index (χ1n) is 3.62. The lowest BCUT2D eigenvalue weighted by molar-refractivity contribution is -0.141. The van der Waals surface area contributed by atoms with E-state index in [0.717, 1.165) is 6.07 Å². The Morgan fingerprint density at radius 1 is 1.38 bits per heavy atom. The normalized spacial score (nSPS) is 14.2. The molecule has 0 fully saturated rings. The molecule has 13 heavy (non-hydrogen) atoms. The topological polar surface area (TPSA) is 12.9 Å². The summed E-state index contributed by atoms with van der Waals surface area (Å²) >= 11 is 4.07. The van der Waals surface area contributed by atoms with Crippen molar-refractivity contribution >= 4 is 12.6 Å². The summed E-state index contributed by atoms with van der Waals surface area (Å²) in [6, 6.07) is 2.34. The molecule has 72 valence electrons. The van der Waals surface area contributed by atoms with Gasteiger partial charge in [-0.2, -0.15) is 25.8 Å². The molecule has 0 amide bonds. The molecule has 0 aliphatic carbocycles. The van der Waals surface area contributed by atoms with E-state index < -0.39 is 11.9 Å². The van der Waals surface area contributed by atoms with E-state index in [-0.39, 0.29) is 5.25 Å². The first-order valence-corrected chi connectivity index (χ1v) is 4.14. The Morgan fingerprint density at radius 3 is 2.31 bits per heavy atom. The quantitative estimate of drug-likeness (QED) is 0.698. The van der Waals surface area contributed by atoms with Crippen LogP contribution in [0.3, 0.4) is 0 Å². The van der Waals surface area contributed by atoms with Crippen molar-refractivity contribution in [1.82, 2.24) is 4.98 Å². The molecule has 1 rings (SSSR count). The van der Waals surface area contributed by atoms with Gasteiger partial charge in [-0.1, -0.05) is 6.07 Å². The molecule has 1 nitrogen and oxygen atoms in total. The summed E-state index contributed by atoms with van der Waals surface area (Å²) in [5.41, 5.74) is -0.193. The predicted octanol–water partition coefficient (Wildman–Crippen LogP) is 3.09. The molecule has 1 aromatic heterocycles. The van der Waals surface area contributed by atoms with Gasteiger partial charge in [0.2, 0.25) is 0 Å². The number of hydrogen-bond acceptors (Lipinski definition) is 2. The van der Waals surface area contributed by atoms with Crippen molar-refractivity contribution < 1.29 is 13.2 Å². The summed E-state index contributed by atoms with van der Waals surface area (Å²) in [6.07, 6.45) is -3.17. The summed E-state index contributed by atoms with van der Waals surface area (Å²) in [4.78, 5) is 3.30. The summed E-state index contributed by atoms with van der Waals surface area (Å²) < 4.78 is 36.1. The van der Waals surface area contributed by atoms with Gasteiger partial charge in [0.25, 0.3) is 0 Å². The van der Waals surface area contributed by atoms with Crippen LogP contribution in [0.15, 0.2) is 18.3 Å². The molecule has 1 aromatic rings. The van der Waals surface area contributed by atoms with Gasteiger partial charge in [-0.25, -0.2) is 0 Å². The van der Waals surface area contributed by atoms with Crippen molar-refractivity contribution in [2.45, 2.75) is 18.3 Å². The third-order valence-electron chi connectivity index (χ3n) is 1.56. The Morgan fingerprint density at radius 2 is 2.00 bits per heavy atom. The van der Waals surface area contributed by atoms with Crippen LogP contribution in [0.1, 0.15) is 23.4 Å². The van der Waals surface area contributed by atoms with Gasteiger partial charge < -0.3 is 0 Å². The van der Waals surface area contributed by atoms with Crippen molar-refractivity contribution in [1.29, 1.82) is 0 Å². The smallest absolute Gasteiger partial charge is 0.251 e. The van der Waals surface area contributed by atoms with Crippen LogP contribution in [0, 0.1) is 0 Å². The lowest BCUT2D eigenvalue weighted by Crippen LogP contribution is -2.07. The molecule has 1 unspecified atom stereocenters. The molecule has 0 aliphatic rings. The van der Waals surface area contributed by atoms with Gasteiger partial charge >= 0.3 is 6.18 Å². The maximum atomic E-state index is 12.0. The van der Waals surface area contributed by atoms with E-state index in [2.05, 4.69) is 17.6 Å². The van der Waals surface area contributed by atoms with Gasteiger partial charge in [-0.15, -0.1) is 0 Å². The van der Waals surface area contributed by atoms with Gasteiger partial charge in [0.05, 0.1) is 0 Å². The summed E-state index contributed by atoms with van der Waals surface area (Å²) in [7, 11) is 0. The molecular formula is C8H8F3NS. The second kappa shape index (κ2) is 3.57. The Hall–Kier alpha value is -0.710. The van der Waals surface area contributed by atoms with Gasteiger partial charge in [0.15, 0.2) is 0 Å². The predicted molar refractivity (Wildman–Crippen MR) is 46.6 cm³/mol. The first kappa shape index (κ1) is 10.4. The molecule has 0 aromatic carbocycles. The average molecular weight is 207 g/mol. The summed E-state index contributed by atoms with van der Waals surface area (Å²) in [6.45, 7) is 1.77. The van der Waals surface area contributed by atoms with E-state index in [9.17, 15) is 13.2 Å². The molecule has 0 aliphatic heterocycles. The molecule has 0 bridgehead atoms. The second-order valence-corrected chi connectivity index (χ2v) is 3.43. The fourth-order valence-corrected chi connectivity index (χ4v) is 0.973. The maximum Gasteiger partial charge on any atom is 0.433 e. The van der Waals surface area contributed by atoms with Crippen molar-refractivity contribution in [3.63, 3.8) is 0 Å². The number of alkyl halides is 3. The highest BCUT2D eigenvalue weighted by atomic mass is 32.1. The number of pyridine rings is 1. The van der Waals surface area contributed by atoms with Gasteiger partial charge in [0.1, 0.15) is 5.69 Å². The monoisotopic (exact) mass is 207 g/mol. The Balaban J connectivity index is 2.94. The number of aromatic nitrogens is 1. The van der Waals surface area contributed by atoms with E-state index in [0.29, 0.717) is 5.56 Å². The molecule has 0 N–H and O–H groups in total. The minimum absolute atomic E-state index is 0.102. The van der Waals surface area contributed by atoms with E-state index >= 15 is 0 Å². The largest absolute Gasteiger partial charge is 0.433 e. The maximum absolute atomic E-state index is 12.0. The Kier molecular flexibility index (Phi) is 2.85. The molecule has 1 heterocycles. The van der Waals surface area contributed by atoms with Gasteiger partial charge in [-0.3, -0.25) is 4.98 Å². The SMILES string of the molecule is CC(S)c1ccc(C(F)(F)F)nc1. The highest BCUT2D eigenvalue weighted by Crippen LogP contribution is 2.28. The minimum Gasteiger partial charge on any atom is -0.251 e. The second-order valence-electron chi connectivity index (χ2n) is 2.65. The van der Waals surface area contributed by atoms with E-state index in [1.807, 2.05) is 0 Å². The minimum atomic E-state index is -4.36. The molecule has 0 saturated heterocycles. The lowest BCUT2D eigenvalue weighted by atomic mass is 10.2. The van der Waals surface area contributed by atoms with Gasteiger partial charge in [0, 0.05) is 11.4 Å².